The van der Waals surface area contributed by atoms with Crippen LogP contribution in [0.15, 0.2) is 40.5 Å². The van der Waals surface area contributed by atoms with Gasteiger partial charge in [0.15, 0.2) is 5.96 Å². The Morgan fingerprint density at radius 1 is 1.56 bits per heavy atom. The highest BCUT2D eigenvalue weighted by atomic mass is 16.3. The second kappa shape index (κ2) is 7.55. The maximum Gasteiger partial charge on any atom is 0.191 e. The summed E-state index contributed by atoms with van der Waals surface area (Å²) in [4.78, 5) is 6.24. The maximum absolute atomic E-state index is 5.45. The van der Waals surface area contributed by atoms with E-state index in [1.807, 2.05) is 26.2 Å². The Balaban J connectivity index is 2.55. The van der Waals surface area contributed by atoms with Crippen molar-refractivity contribution >= 4 is 5.96 Å². The molecule has 0 saturated carbocycles. The van der Waals surface area contributed by atoms with Crippen molar-refractivity contribution in [3.63, 3.8) is 0 Å². The molecule has 0 aromatic carbocycles. The monoisotopic (exact) mass is 250 g/mol. The van der Waals surface area contributed by atoms with E-state index in [0.29, 0.717) is 6.54 Å². The zero-order valence-electron chi connectivity index (χ0n) is 11.3. The summed E-state index contributed by atoms with van der Waals surface area (Å²) in [5, 5.41) is 6.39. The van der Waals surface area contributed by atoms with Gasteiger partial charge >= 0.3 is 0 Å². The standard InChI is InChI=1S/C13H22N4O/c1-5-8-15-13(14-2)16-10-11(17(3)4)12-7-6-9-18-12/h5-7,9,11H,1,8,10H2,2-4H3,(H2,14,15,16). The molecule has 1 aromatic heterocycles. The second-order valence-corrected chi connectivity index (χ2v) is 4.12. The highest BCUT2D eigenvalue weighted by Gasteiger charge is 2.16. The van der Waals surface area contributed by atoms with Crippen LogP contribution in [0, 0.1) is 0 Å². The molecular weight excluding hydrogens is 228 g/mol. The lowest BCUT2D eigenvalue weighted by Gasteiger charge is -2.23. The lowest BCUT2D eigenvalue weighted by molar-refractivity contribution is 0.258. The zero-order valence-corrected chi connectivity index (χ0v) is 11.3. The SMILES string of the molecule is C=CCNC(=NC)NCC(c1ccco1)N(C)C. The van der Waals surface area contributed by atoms with E-state index in [1.165, 1.54) is 0 Å². The molecule has 0 aliphatic rings. The van der Waals surface area contributed by atoms with Crippen LogP contribution in [-0.4, -0.2) is 45.1 Å². The molecule has 0 aliphatic carbocycles. The summed E-state index contributed by atoms with van der Waals surface area (Å²) < 4.78 is 5.45. The van der Waals surface area contributed by atoms with Crippen molar-refractivity contribution in [1.82, 2.24) is 15.5 Å². The van der Waals surface area contributed by atoms with Gasteiger partial charge in [0.05, 0.1) is 12.3 Å². The minimum Gasteiger partial charge on any atom is -0.468 e. The minimum atomic E-state index is 0.169. The third-order valence-electron chi connectivity index (χ3n) is 2.60. The third kappa shape index (κ3) is 4.25. The molecule has 0 saturated heterocycles. The highest BCUT2D eigenvalue weighted by molar-refractivity contribution is 5.79. The van der Waals surface area contributed by atoms with Crippen LogP contribution in [0.3, 0.4) is 0 Å². The van der Waals surface area contributed by atoms with Crippen LogP contribution >= 0.6 is 0 Å². The van der Waals surface area contributed by atoms with Crippen molar-refractivity contribution in [3.8, 4) is 0 Å². The number of guanidine groups is 1. The Bertz CT molecular complexity index is 370. The molecule has 0 aliphatic heterocycles. The van der Waals surface area contributed by atoms with Gasteiger partial charge in [-0.15, -0.1) is 6.58 Å². The van der Waals surface area contributed by atoms with Gasteiger partial charge in [0.1, 0.15) is 5.76 Å². The van der Waals surface area contributed by atoms with E-state index in [4.69, 9.17) is 4.42 Å². The maximum atomic E-state index is 5.45. The second-order valence-electron chi connectivity index (χ2n) is 4.12. The van der Waals surface area contributed by atoms with Crippen molar-refractivity contribution in [2.45, 2.75) is 6.04 Å². The lowest BCUT2D eigenvalue weighted by atomic mass is 10.2. The number of nitrogens with zero attached hydrogens (tertiary/aromatic N) is 2. The molecule has 100 valence electrons. The quantitative estimate of drug-likeness (QED) is 0.453. The normalized spacial score (nSPS) is 13.4. The van der Waals surface area contributed by atoms with E-state index in [1.54, 1.807) is 19.4 Å². The van der Waals surface area contributed by atoms with E-state index in [9.17, 15) is 0 Å². The van der Waals surface area contributed by atoms with Gasteiger partial charge in [0.25, 0.3) is 0 Å². The first-order valence-electron chi connectivity index (χ1n) is 5.94. The molecule has 1 aromatic rings. The fourth-order valence-corrected chi connectivity index (χ4v) is 1.60. The van der Waals surface area contributed by atoms with Crippen molar-refractivity contribution in [2.24, 2.45) is 4.99 Å². The van der Waals surface area contributed by atoms with Crippen LogP contribution in [0.2, 0.25) is 0 Å². The molecule has 0 fully saturated rings. The summed E-state index contributed by atoms with van der Waals surface area (Å²) >= 11 is 0. The van der Waals surface area contributed by atoms with Crippen LogP contribution < -0.4 is 10.6 Å². The number of likely N-dealkylation sites (N-methyl/N-ethyl adjacent to an activating group) is 1. The van der Waals surface area contributed by atoms with Gasteiger partial charge in [-0.3, -0.25) is 9.89 Å². The zero-order chi connectivity index (χ0) is 13.4. The van der Waals surface area contributed by atoms with Crippen molar-refractivity contribution in [2.75, 3.05) is 34.2 Å². The molecular formula is C13H22N4O. The van der Waals surface area contributed by atoms with Crippen LogP contribution in [0.5, 0.6) is 0 Å². The van der Waals surface area contributed by atoms with Crippen LogP contribution in [0.4, 0.5) is 0 Å². The summed E-state index contributed by atoms with van der Waals surface area (Å²) in [6.07, 6.45) is 3.49. The van der Waals surface area contributed by atoms with Crippen molar-refractivity contribution in [1.29, 1.82) is 0 Å². The van der Waals surface area contributed by atoms with Crippen LogP contribution in [-0.2, 0) is 0 Å². The highest BCUT2D eigenvalue weighted by Crippen LogP contribution is 2.17. The topological polar surface area (TPSA) is 52.8 Å². The first kappa shape index (κ1) is 14.3. The fourth-order valence-electron chi connectivity index (χ4n) is 1.60. The van der Waals surface area contributed by atoms with Crippen molar-refractivity contribution < 1.29 is 4.42 Å². The number of hydrogen-bond donors (Lipinski definition) is 2. The molecule has 1 rings (SSSR count). The van der Waals surface area contributed by atoms with E-state index in [-0.39, 0.29) is 6.04 Å². The number of aliphatic imine (C=N–C) groups is 1. The molecule has 5 nitrogen and oxygen atoms in total. The van der Waals surface area contributed by atoms with Gasteiger partial charge in [-0.05, 0) is 26.2 Å². The fraction of sp³-hybridized carbons (Fsp3) is 0.462. The van der Waals surface area contributed by atoms with Crippen molar-refractivity contribution in [3.05, 3.63) is 36.8 Å². The molecule has 1 heterocycles. The molecule has 2 N–H and O–H groups in total. The van der Waals surface area contributed by atoms with Crippen LogP contribution in [0.1, 0.15) is 11.8 Å². The van der Waals surface area contributed by atoms with Gasteiger partial charge in [-0.1, -0.05) is 6.08 Å². The Hall–Kier alpha value is -1.75. The summed E-state index contributed by atoms with van der Waals surface area (Å²) in [7, 11) is 5.79. The number of nitrogens with one attached hydrogen (secondary N) is 2. The molecule has 0 radical (unpaired) electrons. The predicted octanol–water partition coefficient (Wildman–Crippen LogP) is 1.23. The Kier molecular flexibility index (Phi) is 6.00. The molecule has 1 atom stereocenters. The molecule has 1 unspecified atom stereocenters. The third-order valence-corrected chi connectivity index (χ3v) is 2.60. The first-order valence-corrected chi connectivity index (χ1v) is 5.94. The smallest absolute Gasteiger partial charge is 0.191 e. The largest absolute Gasteiger partial charge is 0.468 e. The van der Waals surface area contributed by atoms with Crippen LogP contribution in [0.25, 0.3) is 0 Å². The van der Waals surface area contributed by atoms with Gasteiger partial charge in [0, 0.05) is 20.1 Å². The average molecular weight is 250 g/mol. The Labute approximate surface area is 109 Å². The number of hydrogen-bond acceptors (Lipinski definition) is 3. The minimum absolute atomic E-state index is 0.169. The van der Waals surface area contributed by atoms with Gasteiger partial charge in [-0.25, -0.2) is 0 Å². The lowest BCUT2D eigenvalue weighted by Crippen LogP contribution is -2.41. The Morgan fingerprint density at radius 3 is 2.83 bits per heavy atom. The van der Waals surface area contributed by atoms with E-state index < -0.39 is 0 Å². The molecule has 0 amide bonds. The van der Waals surface area contributed by atoms with Gasteiger partial charge in [-0.2, -0.15) is 0 Å². The average Bonchev–Trinajstić information content (AvgIpc) is 2.86. The van der Waals surface area contributed by atoms with E-state index in [2.05, 4.69) is 27.1 Å². The summed E-state index contributed by atoms with van der Waals surface area (Å²) in [5.74, 6) is 1.69. The Morgan fingerprint density at radius 2 is 2.33 bits per heavy atom. The van der Waals surface area contributed by atoms with E-state index in [0.717, 1.165) is 18.3 Å². The summed E-state index contributed by atoms with van der Waals surface area (Å²) in [6.45, 7) is 5.07. The first-order chi connectivity index (χ1) is 8.69. The van der Waals surface area contributed by atoms with Gasteiger partial charge in [0.2, 0.25) is 0 Å². The summed E-state index contributed by atoms with van der Waals surface area (Å²) in [5.41, 5.74) is 0. The summed E-state index contributed by atoms with van der Waals surface area (Å²) in [6, 6.07) is 4.05. The molecule has 0 spiro atoms. The molecule has 0 bridgehead atoms. The molecule has 18 heavy (non-hydrogen) atoms. The number of furan rings is 1. The predicted molar refractivity (Wildman–Crippen MR) is 74.7 cm³/mol. The number of rotatable bonds is 6. The van der Waals surface area contributed by atoms with Gasteiger partial charge < -0.3 is 15.1 Å². The van der Waals surface area contributed by atoms with E-state index >= 15 is 0 Å². The molecule has 5 heteroatoms.